The average Bonchev–Trinajstić information content (AvgIpc) is 2.34. The van der Waals surface area contributed by atoms with Crippen molar-refractivity contribution in [3.05, 3.63) is 0 Å². The molecule has 0 aliphatic carbocycles. The fourth-order valence-electron chi connectivity index (χ4n) is 0.714. The van der Waals surface area contributed by atoms with E-state index in [-0.39, 0.29) is 13.2 Å². The van der Waals surface area contributed by atoms with E-state index in [1.54, 1.807) is 7.11 Å². The van der Waals surface area contributed by atoms with Gasteiger partial charge in [0, 0.05) is 14.2 Å². The van der Waals surface area contributed by atoms with Crippen LogP contribution in [-0.2, 0) is 29.1 Å². The molecule has 0 aromatic rings. The molecule has 0 fully saturated rings. The number of rotatable bonds is 11. The zero-order chi connectivity index (χ0) is 15.0. The molecule has 8 nitrogen and oxygen atoms in total. The van der Waals surface area contributed by atoms with Crippen LogP contribution < -0.4 is 0 Å². The molecule has 0 unspecified atom stereocenters. The monoisotopic (exact) mass is 303 g/mol. The van der Waals surface area contributed by atoms with E-state index in [0.717, 1.165) is 0 Å². The summed E-state index contributed by atoms with van der Waals surface area (Å²) >= 11 is 0. The lowest BCUT2D eigenvalue weighted by molar-refractivity contribution is 0.0500. The highest BCUT2D eigenvalue weighted by molar-refractivity contribution is 7.85. The second-order valence-corrected chi connectivity index (χ2v) is 4.72. The Bertz CT molecular complexity index is 248. The standard InChI is InChI=1S/C5H12O5S.C5H12O3/c1-9-2-3-10-4-5-11(6,7)8;1-7-4-5-8-3-2-6/h2-5H2,1H3,(H,6,7,8);6H,2-5H2,1H3/p-1. The highest BCUT2D eigenvalue weighted by atomic mass is 32.2. The van der Waals surface area contributed by atoms with Crippen molar-refractivity contribution in [1.82, 2.24) is 0 Å². The van der Waals surface area contributed by atoms with E-state index in [0.29, 0.717) is 33.0 Å². The molecule has 9 heteroatoms. The summed E-state index contributed by atoms with van der Waals surface area (Å²) in [6.07, 6.45) is 0. The molecule has 0 saturated heterocycles. The Morgan fingerprint density at radius 2 is 1.37 bits per heavy atom. The molecular weight excluding hydrogens is 280 g/mol. The summed E-state index contributed by atoms with van der Waals surface area (Å²) in [4.78, 5) is 0. The Hall–Kier alpha value is -0.290. The van der Waals surface area contributed by atoms with Crippen LogP contribution in [0, 0.1) is 0 Å². The van der Waals surface area contributed by atoms with Crippen molar-refractivity contribution in [2.75, 3.05) is 66.2 Å². The molecule has 0 spiro atoms. The van der Waals surface area contributed by atoms with Crippen LogP contribution in [0.5, 0.6) is 0 Å². The Morgan fingerprint density at radius 3 is 1.74 bits per heavy atom. The van der Waals surface area contributed by atoms with E-state index >= 15 is 0 Å². The lowest BCUT2D eigenvalue weighted by Crippen LogP contribution is -2.13. The Balaban J connectivity index is 0. The molecule has 0 aliphatic heterocycles. The normalized spacial score (nSPS) is 10.9. The molecule has 0 amide bonds. The number of methoxy groups -OCH3 is 2. The Labute approximate surface area is 114 Å². The highest BCUT2D eigenvalue weighted by Crippen LogP contribution is 1.83. The fraction of sp³-hybridized carbons (Fsp3) is 1.00. The van der Waals surface area contributed by atoms with Crippen LogP contribution in [0.3, 0.4) is 0 Å². The molecule has 19 heavy (non-hydrogen) atoms. The smallest absolute Gasteiger partial charge is 0.0968 e. The maximum Gasteiger partial charge on any atom is 0.0968 e. The van der Waals surface area contributed by atoms with Crippen molar-refractivity contribution in [3.8, 4) is 0 Å². The quantitative estimate of drug-likeness (QED) is 0.375. The SMILES string of the molecule is COCCOCCO.COCCOCCS(=O)(=O)[O-]. The zero-order valence-electron chi connectivity index (χ0n) is 11.4. The summed E-state index contributed by atoms with van der Waals surface area (Å²) in [6.45, 7) is 2.31. The lowest BCUT2D eigenvalue weighted by Gasteiger charge is -2.06. The van der Waals surface area contributed by atoms with Crippen molar-refractivity contribution in [1.29, 1.82) is 0 Å². The van der Waals surface area contributed by atoms with Crippen LogP contribution in [0.25, 0.3) is 0 Å². The number of hydrogen-bond acceptors (Lipinski definition) is 8. The molecule has 1 N–H and O–H groups in total. The lowest BCUT2D eigenvalue weighted by atomic mass is 10.7. The van der Waals surface area contributed by atoms with Crippen LogP contribution in [0.4, 0.5) is 0 Å². The molecule has 0 atom stereocenters. The van der Waals surface area contributed by atoms with Crippen LogP contribution in [0.15, 0.2) is 0 Å². The van der Waals surface area contributed by atoms with Gasteiger partial charge in [0.25, 0.3) is 0 Å². The summed E-state index contributed by atoms with van der Waals surface area (Å²) < 4.78 is 48.9. The molecule has 0 aliphatic rings. The van der Waals surface area contributed by atoms with Crippen molar-refractivity contribution < 1.29 is 37.0 Å². The summed E-state index contributed by atoms with van der Waals surface area (Å²) in [7, 11) is -1.01. The highest BCUT2D eigenvalue weighted by Gasteiger charge is 1.94. The average molecular weight is 303 g/mol. The van der Waals surface area contributed by atoms with Gasteiger partial charge in [0.15, 0.2) is 0 Å². The van der Waals surface area contributed by atoms with Gasteiger partial charge in [-0.05, 0) is 0 Å². The van der Waals surface area contributed by atoms with E-state index < -0.39 is 15.9 Å². The van der Waals surface area contributed by atoms with Crippen molar-refractivity contribution >= 4 is 10.1 Å². The molecule has 118 valence electrons. The van der Waals surface area contributed by atoms with Gasteiger partial charge in [0.05, 0.1) is 62.1 Å². The Kier molecular flexibility index (Phi) is 17.4. The van der Waals surface area contributed by atoms with Gasteiger partial charge in [-0.15, -0.1) is 0 Å². The molecule has 0 aromatic carbocycles. The molecule has 0 rings (SSSR count). The number of hydrogen-bond donors (Lipinski definition) is 1. The first-order valence-corrected chi connectivity index (χ1v) is 7.23. The maximum absolute atomic E-state index is 10.00. The third-order valence-electron chi connectivity index (χ3n) is 1.58. The van der Waals surface area contributed by atoms with E-state index in [2.05, 4.69) is 9.47 Å². The molecule has 0 saturated carbocycles. The van der Waals surface area contributed by atoms with Crippen molar-refractivity contribution in [3.63, 3.8) is 0 Å². The van der Waals surface area contributed by atoms with Crippen LogP contribution in [-0.4, -0.2) is 84.3 Å². The van der Waals surface area contributed by atoms with Gasteiger partial charge in [-0.2, -0.15) is 0 Å². The fourth-order valence-corrected chi connectivity index (χ4v) is 1.04. The van der Waals surface area contributed by atoms with Crippen molar-refractivity contribution in [2.45, 2.75) is 0 Å². The summed E-state index contributed by atoms with van der Waals surface area (Å²) in [5, 5.41) is 8.20. The number of aliphatic hydroxyl groups is 1. The first kappa shape index (κ1) is 21.0. The minimum Gasteiger partial charge on any atom is -0.748 e. The van der Waals surface area contributed by atoms with Gasteiger partial charge in [-0.1, -0.05) is 0 Å². The van der Waals surface area contributed by atoms with E-state index in [1.807, 2.05) is 0 Å². The Morgan fingerprint density at radius 1 is 0.895 bits per heavy atom. The first-order chi connectivity index (χ1) is 8.97. The van der Waals surface area contributed by atoms with Crippen LogP contribution in [0.1, 0.15) is 0 Å². The third kappa shape index (κ3) is 27.1. The van der Waals surface area contributed by atoms with Crippen molar-refractivity contribution in [2.24, 2.45) is 0 Å². The van der Waals surface area contributed by atoms with Gasteiger partial charge < -0.3 is 28.6 Å². The minimum atomic E-state index is -4.13. The van der Waals surface area contributed by atoms with Gasteiger partial charge in [-0.3, -0.25) is 0 Å². The van der Waals surface area contributed by atoms with Crippen LogP contribution >= 0.6 is 0 Å². The predicted molar refractivity (Wildman–Crippen MR) is 67.0 cm³/mol. The second-order valence-electron chi connectivity index (χ2n) is 3.20. The van der Waals surface area contributed by atoms with E-state index in [9.17, 15) is 13.0 Å². The molecule has 0 heterocycles. The number of aliphatic hydroxyl groups excluding tert-OH is 1. The largest absolute Gasteiger partial charge is 0.748 e. The third-order valence-corrected chi connectivity index (χ3v) is 2.24. The molecule has 0 radical (unpaired) electrons. The van der Waals surface area contributed by atoms with E-state index in [4.69, 9.17) is 14.6 Å². The molecule has 0 bridgehead atoms. The van der Waals surface area contributed by atoms with Crippen LogP contribution in [0.2, 0.25) is 0 Å². The van der Waals surface area contributed by atoms with Gasteiger partial charge >= 0.3 is 0 Å². The zero-order valence-corrected chi connectivity index (χ0v) is 12.2. The van der Waals surface area contributed by atoms with Gasteiger partial charge in [0.2, 0.25) is 0 Å². The van der Waals surface area contributed by atoms with Gasteiger partial charge in [0.1, 0.15) is 0 Å². The summed E-state index contributed by atoms with van der Waals surface area (Å²) in [5.74, 6) is -0.475. The second kappa shape index (κ2) is 15.8. The minimum absolute atomic E-state index is 0.0603. The van der Waals surface area contributed by atoms with E-state index in [1.165, 1.54) is 7.11 Å². The first-order valence-electron chi connectivity index (χ1n) is 5.65. The maximum atomic E-state index is 10.00. The molecular formula is C10H23O8S-. The summed E-state index contributed by atoms with van der Waals surface area (Å²) in [6, 6.07) is 0. The van der Waals surface area contributed by atoms with Gasteiger partial charge in [-0.25, -0.2) is 8.42 Å². The topological polar surface area (TPSA) is 114 Å². The summed E-state index contributed by atoms with van der Waals surface area (Å²) in [5.41, 5.74) is 0. The number of ether oxygens (including phenoxy) is 4. The predicted octanol–water partition coefficient (Wildman–Crippen LogP) is -1.16. The molecule has 0 aromatic heterocycles.